The van der Waals surface area contributed by atoms with Gasteiger partial charge in [0.25, 0.3) is 0 Å². The van der Waals surface area contributed by atoms with E-state index < -0.39 is 6.04 Å². The number of para-hydroxylation sites is 2. The molecule has 1 fully saturated rings. The second kappa shape index (κ2) is 6.83. The van der Waals surface area contributed by atoms with Gasteiger partial charge in [0, 0.05) is 5.57 Å². The molecule has 0 saturated carbocycles. The molecule has 0 aliphatic carbocycles. The Kier molecular flexibility index (Phi) is 4.02. The van der Waals surface area contributed by atoms with Crippen molar-refractivity contribution in [1.29, 1.82) is 0 Å². The van der Waals surface area contributed by atoms with Gasteiger partial charge < -0.3 is 15.7 Å². The van der Waals surface area contributed by atoms with Crippen molar-refractivity contribution in [2.24, 2.45) is 4.99 Å². The third kappa shape index (κ3) is 3.10. The van der Waals surface area contributed by atoms with E-state index in [0.29, 0.717) is 5.84 Å². The van der Waals surface area contributed by atoms with Crippen molar-refractivity contribution >= 4 is 28.9 Å². The molecule has 5 rings (SSSR count). The fraction of sp³-hybridized carbons (Fsp3) is 0.0435. The Labute approximate surface area is 167 Å². The number of phenols is 1. The number of fused-ring (bicyclic) bond motifs is 2. The van der Waals surface area contributed by atoms with Crippen LogP contribution in [0.3, 0.4) is 0 Å². The molecule has 142 valence electrons. The lowest BCUT2D eigenvalue weighted by Gasteiger charge is -2.30. The Balaban J connectivity index is 1.77. The fourth-order valence-corrected chi connectivity index (χ4v) is 3.65. The van der Waals surface area contributed by atoms with Gasteiger partial charge >= 0.3 is 6.03 Å². The Morgan fingerprint density at radius 2 is 1.55 bits per heavy atom. The van der Waals surface area contributed by atoms with E-state index in [2.05, 4.69) is 16.0 Å². The molecule has 0 aromatic heterocycles. The summed E-state index contributed by atoms with van der Waals surface area (Å²) in [6.45, 7) is 0. The molecular formula is C23H18N4O2. The molecule has 3 aromatic carbocycles. The lowest BCUT2D eigenvalue weighted by molar-refractivity contribution is 0.241. The first-order valence-electron chi connectivity index (χ1n) is 9.30. The minimum Gasteiger partial charge on any atom is -0.508 e. The lowest BCUT2D eigenvalue weighted by Crippen LogP contribution is -2.50. The Morgan fingerprint density at radius 1 is 0.828 bits per heavy atom. The molecule has 4 N–H and O–H groups in total. The zero-order valence-electron chi connectivity index (χ0n) is 15.4. The van der Waals surface area contributed by atoms with Crippen molar-refractivity contribution in [2.75, 3.05) is 5.32 Å². The zero-order chi connectivity index (χ0) is 19.8. The van der Waals surface area contributed by atoms with Gasteiger partial charge in [-0.2, -0.15) is 0 Å². The van der Waals surface area contributed by atoms with Crippen molar-refractivity contribution in [3.05, 3.63) is 95.6 Å². The average Bonchev–Trinajstić information content (AvgIpc) is 2.91. The predicted molar refractivity (Wildman–Crippen MR) is 113 cm³/mol. The Morgan fingerprint density at radius 3 is 2.34 bits per heavy atom. The van der Waals surface area contributed by atoms with Crippen LogP contribution in [0.2, 0.25) is 0 Å². The van der Waals surface area contributed by atoms with E-state index >= 15 is 0 Å². The number of carbonyl (C=O) groups is 1. The first-order valence-corrected chi connectivity index (χ1v) is 9.30. The van der Waals surface area contributed by atoms with Gasteiger partial charge in [0.05, 0.1) is 23.1 Å². The van der Waals surface area contributed by atoms with E-state index in [4.69, 9.17) is 4.99 Å². The van der Waals surface area contributed by atoms with Crippen molar-refractivity contribution in [3.8, 4) is 5.75 Å². The van der Waals surface area contributed by atoms with Crippen LogP contribution < -0.4 is 16.0 Å². The number of rotatable bonds is 2. The van der Waals surface area contributed by atoms with Crippen LogP contribution in [-0.4, -0.2) is 17.0 Å². The molecular weight excluding hydrogens is 364 g/mol. The average molecular weight is 382 g/mol. The van der Waals surface area contributed by atoms with Gasteiger partial charge in [-0.1, -0.05) is 54.6 Å². The molecule has 2 aliphatic rings. The number of aliphatic imine (C=N–C) groups is 1. The van der Waals surface area contributed by atoms with Crippen LogP contribution in [0.25, 0.3) is 5.70 Å². The number of aromatic hydroxyl groups is 1. The maximum Gasteiger partial charge on any atom is 0.321 e. The van der Waals surface area contributed by atoms with E-state index in [1.807, 2.05) is 54.6 Å². The largest absolute Gasteiger partial charge is 0.508 e. The highest BCUT2D eigenvalue weighted by atomic mass is 16.3. The summed E-state index contributed by atoms with van der Waals surface area (Å²) >= 11 is 0. The van der Waals surface area contributed by atoms with Crippen LogP contribution in [0.15, 0.2) is 89.4 Å². The van der Waals surface area contributed by atoms with Crippen LogP contribution in [0.5, 0.6) is 5.75 Å². The topological polar surface area (TPSA) is 85.8 Å². The molecule has 0 unspecified atom stereocenters. The third-order valence-electron chi connectivity index (χ3n) is 5.01. The van der Waals surface area contributed by atoms with Crippen molar-refractivity contribution in [2.45, 2.75) is 6.04 Å². The molecule has 2 amide bonds. The number of benzene rings is 3. The number of amides is 2. The number of amidine groups is 1. The van der Waals surface area contributed by atoms with E-state index in [1.165, 1.54) is 0 Å². The van der Waals surface area contributed by atoms with Gasteiger partial charge in [0.15, 0.2) is 0 Å². The Bertz CT molecular complexity index is 1150. The summed E-state index contributed by atoms with van der Waals surface area (Å²) in [5, 5.41) is 19.1. The third-order valence-corrected chi connectivity index (χ3v) is 5.01. The van der Waals surface area contributed by atoms with Gasteiger partial charge in [0.2, 0.25) is 0 Å². The van der Waals surface area contributed by atoms with Crippen LogP contribution in [0, 0.1) is 0 Å². The molecule has 6 nitrogen and oxygen atoms in total. The highest BCUT2D eigenvalue weighted by Gasteiger charge is 2.34. The zero-order valence-corrected chi connectivity index (χ0v) is 15.4. The van der Waals surface area contributed by atoms with Crippen molar-refractivity contribution in [1.82, 2.24) is 10.6 Å². The molecule has 0 radical (unpaired) electrons. The SMILES string of the molecule is O=C1NC2=Nc3ccccc3NC(c3ccccc3)=C2[C@@H](c2ccc(O)cc2)N1. The minimum atomic E-state index is -0.430. The van der Waals surface area contributed by atoms with Gasteiger partial charge in [-0.15, -0.1) is 0 Å². The number of hydrogen-bond acceptors (Lipinski definition) is 4. The van der Waals surface area contributed by atoms with Gasteiger partial charge in [0.1, 0.15) is 11.6 Å². The molecule has 29 heavy (non-hydrogen) atoms. The molecule has 0 spiro atoms. The number of phenolic OH excluding ortho intramolecular Hbond substituents is 1. The molecule has 3 aromatic rings. The smallest absolute Gasteiger partial charge is 0.321 e. The van der Waals surface area contributed by atoms with E-state index in [0.717, 1.165) is 33.8 Å². The van der Waals surface area contributed by atoms with E-state index in [9.17, 15) is 9.90 Å². The quantitative estimate of drug-likeness (QED) is 0.533. The summed E-state index contributed by atoms with van der Waals surface area (Å²) in [6, 6.07) is 23.8. The van der Waals surface area contributed by atoms with Crippen molar-refractivity contribution in [3.63, 3.8) is 0 Å². The molecule has 0 bridgehead atoms. The molecule has 1 saturated heterocycles. The first-order chi connectivity index (χ1) is 14.2. The van der Waals surface area contributed by atoms with Gasteiger partial charge in [-0.05, 0) is 35.4 Å². The van der Waals surface area contributed by atoms with Gasteiger partial charge in [-0.3, -0.25) is 5.32 Å². The number of urea groups is 1. The summed E-state index contributed by atoms with van der Waals surface area (Å²) in [7, 11) is 0. The number of anilines is 1. The first kappa shape index (κ1) is 17.1. The molecule has 2 heterocycles. The van der Waals surface area contributed by atoms with Crippen LogP contribution >= 0.6 is 0 Å². The number of carbonyl (C=O) groups excluding carboxylic acids is 1. The number of nitrogens with one attached hydrogen (secondary N) is 3. The maximum atomic E-state index is 12.4. The summed E-state index contributed by atoms with van der Waals surface area (Å²) in [5.41, 5.74) is 5.13. The second-order valence-corrected chi connectivity index (χ2v) is 6.88. The van der Waals surface area contributed by atoms with Crippen LogP contribution in [0.1, 0.15) is 17.2 Å². The monoisotopic (exact) mass is 382 g/mol. The molecule has 2 aliphatic heterocycles. The summed E-state index contributed by atoms with van der Waals surface area (Å²) in [4.78, 5) is 17.2. The number of hydrogen-bond donors (Lipinski definition) is 4. The minimum absolute atomic E-state index is 0.173. The van der Waals surface area contributed by atoms with Crippen LogP contribution in [-0.2, 0) is 0 Å². The standard InChI is InChI=1S/C23H18N4O2/c28-16-12-10-15(11-13-16)21-19-20(14-6-2-1-3-7-14)24-17-8-4-5-9-18(17)25-22(19)27-23(29)26-21/h1-13,21,24,28H,(H2,25,26,27,29)/t21-/m1/s1. The van der Waals surface area contributed by atoms with Crippen molar-refractivity contribution < 1.29 is 9.90 Å². The summed E-state index contributed by atoms with van der Waals surface area (Å²) in [5.74, 6) is 0.676. The van der Waals surface area contributed by atoms with Gasteiger partial charge in [-0.25, -0.2) is 9.79 Å². The summed E-state index contributed by atoms with van der Waals surface area (Å²) in [6.07, 6.45) is 0. The maximum absolute atomic E-state index is 12.4. The molecule has 1 atom stereocenters. The summed E-state index contributed by atoms with van der Waals surface area (Å²) < 4.78 is 0. The molecule has 6 heteroatoms. The highest BCUT2D eigenvalue weighted by molar-refractivity contribution is 6.18. The predicted octanol–water partition coefficient (Wildman–Crippen LogP) is 4.31. The van der Waals surface area contributed by atoms with E-state index in [1.54, 1.807) is 24.3 Å². The van der Waals surface area contributed by atoms with Crippen LogP contribution in [0.4, 0.5) is 16.2 Å². The fourth-order valence-electron chi connectivity index (χ4n) is 3.65. The second-order valence-electron chi connectivity index (χ2n) is 6.88. The Hall–Kier alpha value is -4.06. The number of nitrogens with zero attached hydrogens (tertiary/aromatic N) is 1. The highest BCUT2D eigenvalue weighted by Crippen LogP contribution is 2.38. The lowest BCUT2D eigenvalue weighted by atomic mass is 9.92. The normalized spacial score (nSPS) is 17.7. The van der Waals surface area contributed by atoms with E-state index in [-0.39, 0.29) is 11.8 Å².